The number of aryl methyl sites for hydroxylation is 2. The van der Waals surface area contributed by atoms with Crippen LogP contribution in [0.4, 0.5) is 0 Å². The largest absolute Gasteiger partial charge is 0.312 e. The summed E-state index contributed by atoms with van der Waals surface area (Å²) < 4.78 is 0. The smallest absolute Gasteiger partial charge is 0.0299 e. The zero-order valence-corrected chi connectivity index (χ0v) is 11.2. The van der Waals surface area contributed by atoms with Crippen molar-refractivity contribution in [3.8, 4) is 0 Å². The van der Waals surface area contributed by atoms with Gasteiger partial charge in [0, 0.05) is 16.3 Å². The summed E-state index contributed by atoms with van der Waals surface area (Å²) in [4.78, 5) is 3.22. The third-order valence-corrected chi connectivity index (χ3v) is 4.54. The minimum atomic E-state index is 1.08. The summed E-state index contributed by atoms with van der Waals surface area (Å²) in [6, 6.07) is 2.45. The molecule has 16 heavy (non-hydrogen) atoms. The third kappa shape index (κ3) is 3.33. The summed E-state index contributed by atoms with van der Waals surface area (Å²) in [5.74, 6) is 0. The van der Waals surface area contributed by atoms with Crippen LogP contribution in [-0.4, -0.2) is 6.54 Å². The fourth-order valence-electron chi connectivity index (χ4n) is 2.33. The molecular formula is C14H23NS. The van der Waals surface area contributed by atoms with Crippen LogP contribution in [0.2, 0.25) is 0 Å². The minimum absolute atomic E-state index is 1.08. The molecule has 1 heterocycles. The number of hydrogen-bond donors (Lipinski definition) is 1. The second-order valence-corrected chi connectivity index (χ2v) is 5.97. The number of unbranched alkanes of at least 4 members (excludes halogenated alkanes) is 1. The lowest BCUT2D eigenvalue weighted by molar-refractivity contribution is 0.645. The predicted molar refractivity (Wildman–Crippen MR) is 72.2 cm³/mol. The van der Waals surface area contributed by atoms with Crippen LogP contribution in [0.5, 0.6) is 0 Å². The molecule has 0 fully saturated rings. The molecule has 0 atom stereocenters. The van der Waals surface area contributed by atoms with Gasteiger partial charge in [-0.1, -0.05) is 19.8 Å². The Morgan fingerprint density at radius 2 is 2.12 bits per heavy atom. The summed E-state index contributed by atoms with van der Waals surface area (Å²) >= 11 is 2.04. The molecule has 2 rings (SSSR count). The van der Waals surface area contributed by atoms with Crippen LogP contribution in [0.15, 0.2) is 6.07 Å². The normalized spacial score (nSPS) is 15.8. The number of fused-ring (bicyclic) bond motifs is 1. The Bertz CT molecular complexity index is 293. The van der Waals surface area contributed by atoms with Gasteiger partial charge in [0.1, 0.15) is 0 Å². The highest BCUT2D eigenvalue weighted by molar-refractivity contribution is 7.12. The molecule has 0 saturated carbocycles. The molecule has 0 unspecified atom stereocenters. The van der Waals surface area contributed by atoms with Gasteiger partial charge in [-0.25, -0.2) is 0 Å². The van der Waals surface area contributed by atoms with E-state index in [1.807, 2.05) is 11.3 Å². The maximum atomic E-state index is 3.54. The summed E-state index contributed by atoms with van der Waals surface area (Å²) in [6.45, 7) is 4.49. The van der Waals surface area contributed by atoms with E-state index in [9.17, 15) is 0 Å². The van der Waals surface area contributed by atoms with Crippen LogP contribution < -0.4 is 5.32 Å². The van der Waals surface area contributed by atoms with Crippen LogP contribution in [0, 0.1) is 0 Å². The summed E-state index contributed by atoms with van der Waals surface area (Å²) in [6.07, 6.45) is 9.45. The molecule has 0 aliphatic heterocycles. The van der Waals surface area contributed by atoms with Gasteiger partial charge in [0.05, 0.1) is 0 Å². The van der Waals surface area contributed by atoms with E-state index in [2.05, 4.69) is 18.3 Å². The van der Waals surface area contributed by atoms with Crippen LogP contribution in [0.3, 0.4) is 0 Å². The van der Waals surface area contributed by atoms with Crippen molar-refractivity contribution >= 4 is 11.3 Å². The maximum absolute atomic E-state index is 3.54. The third-order valence-electron chi connectivity index (χ3n) is 3.30. The Hall–Kier alpha value is -0.340. The second-order valence-electron chi connectivity index (χ2n) is 4.75. The van der Waals surface area contributed by atoms with Gasteiger partial charge in [0.2, 0.25) is 0 Å². The molecule has 1 aliphatic carbocycles. The zero-order valence-electron chi connectivity index (χ0n) is 10.3. The molecule has 0 spiro atoms. The molecule has 0 aromatic carbocycles. The van der Waals surface area contributed by atoms with Crippen molar-refractivity contribution in [2.45, 2.75) is 58.4 Å². The molecule has 1 aromatic heterocycles. The van der Waals surface area contributed by atoms with Gasteiger partial charge in [0.15, 0.2) is 0 Å². The zero-order chi connectivity index (χ0) is 11.2. The van der Waals surface area contributed by atoms with Gasteiger partial charge in [-0.05, 0) is 50.3 Å². The molecule has 2 heteroatoms. The van der Waals surface area contributed by atoms with Gasteiger partial charge >= 0.3 is 0 Å². The van der Waals surface area contributed by atoms with E-state index in [1.54, 1.807) is 15.3 Å². The fraction of sp³-hybridized carbons (Fsp3) is 0.714. The van der Waals surface area contributed by atoms with Gasteiger partial charge in [-0.3, -0.25) is 0 Å². The quantitative estimate of drug-likeness (QED) is 0.605. The van der Waals surface area contributed by atoms with E-state index in [0.29, 0.717) is 0 Å². The molecule has 0 bridgehead atoms. The fourth-order valence-corrected chi connectivity index (χ4v) is 3.56. The van der Waals surface area contributed by atoms with Crippen molar-refractivity contribution in [3.05, 3.63) is 21.4 Å². The Morgan fingerprint density at radius 3 is 3.00 bits per heavy atom. The van der Waals surface area contributed by atoms with Gasteiger partial charge < -0.3 is 5.32 Å². The van der Waals surface area contributed by atoms with Crippen molar-refractivity contribution < 1.29 is 0 Å². The van der Waals surface area contributed by atoms with E-state index in [-0.39, 0.29) is 0 Å². The lowest BCUT2D eigenvalue weighted by atomic mass is 10.1. The van der Waals surface area contributed by atoms with Crippen molar-refractivity contribution in [1.29, 1.82) is 0 Å². The van der Waals surface area contributed by atoms with Crippen LogP contribution in [0.25, 0.3) is 0 Å². The van der Waals surface area contributed by atoms with E-state index in [0.717, 1.165) is 6.54 Å². The van der Waals surface area contributed by atoms with Gasteiger partial charge in [-0.2, -0.15) is 0 Å². The Labute approximate surface area is 103 Å². The van der Waals surface area contributed by atoms with Crippen molar-refractivity contribution in [2.24, 2.45) is 0 Å². The van der Waals surface area contributed by atoms with E-state index in [1.165, 1.54) is 51.5 Å². The topological polar surface area (TPSA) is 12.0 Å². The van der Waals surface area contributed by atoms with E-state index < -0.39 is 0 Å². The highest BCUT2D eigenvalue weighted by atomic mass is 32.1. The molecule has 0 saturated heterocycles. The number of hydrogen-bond acceptors (Lipinski definition) is 2. The monoisotopic (exact) mass is 237 g/mol. The first-order valence-corrected chi connectivity index (χ1v) is 7.53. The van der Waals surface area contributed by atoms with E-state index >= 15 is 0 Å². The summed E-state index contributed by atoms with van der Waals surface area (Å²) in [7, 11) is 0. The first kappa shape index (κ1) is 12.1. The van der Waals surface area contributed by atoms with Crippen LogP contribution in [-0.2, 0) is 19.4 Å². The lowest BCUT2D eigenvalue weighted by Crippen LogP contribution is -2.13. The average Bonchev–Trinajstić information content (AvgIpc) is 2.55. The minimum Gasteiger partial charge on any atom is -0.312 e. The van der Waals surface area contributed by atoms with E-state index in [4.69, 9.17) is 0 Å². The number of thiophene rings is 1. The van der Waals surface area contributed by atoms with Crippen LogP contribution in [0.1, 0.15) is 54.3 Å². The summed E-state index contributed by atoms with van der Waals surface area (Å²) in [5.41, 5.74) is 1.65. The standard InChI is InChI=1S/C14H23NS/c1-2-3-9-15-11-13-10-12-7-5-4-6-8-14(12)16-13/h10,15H,2-9,11H2,1H3. The summed E-state index contributed by atoms with van der Waals surface area (Å²) in [5, 5.41) is 3.54. The molecular weight excluding hydrogens is 214 g/mol. The SMILES string of the molecule is CCCCNCc1cc2c(s1)CCCCC2. The number of nitrogens with one attached hydrogen (secondary N) is 1. The molecule has 1 aliphatic rings. The van der Waals surface area contributed by atoms with Gasteiger partial charge in [-0.15, -0.1) is 11.3 Å². The Morgan fingerprint density at radius 1 is 1.25 bits per heavy atom. The highest BCUT2D eigenvalue weighted by Gasteiger charge is 2.11. The second kappa shape index (κ2) is 6.41. The molecule has 0 radical (unpaired) electrons. The average molecular weight is 237 g/mol. The first-order valence-electron chi connectivity index (χ1n) is 6.71. The predicted octanol–water partition coefficient (Wildman–Crippen LogP) is 3.91. The van der Waals surface area contributed by atoms with Crippen molar-refractivity contribution in [3.63, 3.8) is 0 Å². The van der Waals surface area contributed by atoms with Gasteiger partial charge in [0.25, 0.3) is 0 Å². The van der Waals surface area contributed by atoms with Crippen molar-refractivity contribution in [2.75, 3.05) is 6.54 Å². The molecule has 1 N–H and O–H groups in total. The Balaban J connectivity index is 1.86. The lowest BCUT2D eigenvalue weighted by Gasteiger charge is -2.00. The first-order chi connectivity index (χ1) is 7.90. The molecule has 1 aromatic rings. The highest BCUT2D eigenvalue weighted by Crippen LogP contribution is 2.28. The Kier molecular flexibility index (Phi) is 4.86. The molecule has 1 nitrogen and oxygen atoms in total. The molecule has 0 amide bonds. The number of rotatable bonds is 5. The maximum Gasteiger partial charge on any atom is 0.0299 e. The molecule has 90 valence electrons. The van der Waals surface area contributed by atoms with Crippen LogP contribution >= 0.6 is 11.3 Å². The van der Waals surface area contributed by atoms with Crippen molar-refractivity contribution in [1.82, 2.24) is 5.32 Å².